The van der Waals surface area contributed by atoms with Crippen molar-refractivity contribution in [2.45, 2.75) is 19.6 Å². The zero-order valence-electron chi connectivity index (χ0n) is 9.11. The van der Waals surface area contributed by atoms with Gasteiger partial charge in [0, 0.05) is 6.20 Å². The van der Waals surface area contributed by atoms with Crippen molar-refractivity contribution in [3.05, 3.63) is 29.6 Å². The maximum absolute atomic E-state index is 12.5. The fourth-order valence-electron chi connectivity index (χ4n) is 1.47. The number of likely N-dealkylation sites (tertiary alicyclic amines) is 1. The summed E-state index contributed by atoms with van der Waals surface area (Å²) in [5, 5.41) is 2.70. The molecular formula is C11H14FN3O. The van der Waals surface area contributed by atoms with Crippen molar-refractivity contribution in [1.82, 2.24) is 15.2 Å². The Morgan fingerprint density at radius 1 is 1.62 bits per heavy atom. The highest BCUT2D eigenvalue weighted by Gasteiger charge is 2.29. The van der Waals surface area contributed by atoms with E-state index >= 15 is 0 Å². The molecule has 4 nitrogen and oxygen atoms in total. The highest BCUT2D eigenvalue weighted by Crippen LogP contribution is 2.10. The number of hydrogen-bond acceptors (Lipinski definition) is 2. The predicted molar refractivity (Wildman–Crippen MR) is 57.7 cm³/mol. The molecule has 5 heteroatoms. The molecule has 16 heavy (non-hydrogen) atoms. The van der Waals surface area contributed by atoms with E-state index in [0.29, 0.717) is 6.54 Å². The van der Waals surface area contributed by atoms with Crippen molar-refractivity contribution in [3.8, 4) is 0 Å². The average molecular weight is 223 g/mol. The van der Waals surface area contributed by atoms with Crippen LogP contribution in [-0.4, -0.2) is 35.2 Å². The van der Waals surface area contributed by atoms with Crippen LogP contribution in [0.25, 0.3) is 0 Å². The molecule has 2 rings (SSSR count). The van der Waals surface area contributed by atoms with Crippen LogP contribution in [-0.2, 0) is 6.54 Å². The largest absolute Gasteiger partial charge is 0.332 e. The van der Waals surface area contributed by atoms with Crippen LogP contribution in [0.4, 0.5) is 9.18 Å². The Balaban J connectivity index is 1.79. The van der Waals surface area contributed by atoms with Crippen molar-refractivity contribution < 1.29 is 9.18 Å². The number of alkyl halides is 1. The minimum Gasteiger partial charge on any atom is -0.332 e. The first-order valence-corrected chi connectivity index (χ1v) is 5.23. The van der Waals surface area contributed by atoms with Gasteiger partial charge >= 0.3 is 6.03 Å². The summed E-state index contributed by atoms with van der Waals surface area (Å²) >= 11 is 0. The molecule has 0 bridgehead atoms. The number of halogens is 1. The van der Waals surface area contributed by atoms with Crippen LogP contribution in [0.5, 0.6) is 0 Å². The van der Waals surface area contributed by atoms with E-state index in [1.165, 1.54) is 4.90 Å². The van der Waals surface area contributed by atoms with Gasteiger partial charge < -0.3 is 10.2 Å². The maximum Gasteiger partial charge on any atom is 0.317 e. The van der Waals surface area contributed by atoms with Gasteiger partial charge in [0.25, 0.3) is 0 Å². The fourth-order valence-corrected chi connectivity index (χ4v) is 1.47. The quantitative estimate of drug-likeness (QED) is 0.820. The molecule has 86 valence electrons. The molecule has 2 amide bonds. The summed E-state index contributed by atoms with van der Waals surface area (Å²) in [5.41, 5.74) is 1.88. The zero-order chi connectivity index (χ0) is 11.5. The van der Waals surface area contributed by atoms with Gasteiger partial charge in [-0.2, -0.15) is 0 Å². The number of carbonyl (C=O) groups excluding carboxylic acids is 1. The number of aromatic nitrogens is 1. The second-order valence-electron chi connectivity index (χ2n) is 3.99. The summed E-state index contributed by atoms with van der Waals surface area (Å²) in [6, 6.07) is 3.58. The number of carbonyl (C=O) groups is 1. The van der Waals surface area contributed by atoms with E-state index in [1.807, 2.05) is 19.1 Å². The predicted octanol–water partition coefficient (Wildman–Crippen LogP) is 1.25. The number of hydrogen-bond donors (Lipinski definition) is 1. The third-order valence-corrected chi connectivity index (χ3v) is 2.52. The molecule has 0 aromatic carbocycles. The van der Waals surface area contributed by atoms with Crippen molar-refractivity contribution in [2.24, 2.45) is 0 Å². The van der Waals surface area contributed by atoms with Gasteiger partial charge in [-0.25, -0.2) is 9.18 Å². The Morgan fingerprint density at radius 2 is 2.38 bits per heavy atom. The van der Waals surface area contributed by atoms with Crippen LogP contribution in [0.1, 0.15) is 11.3 Å². The van der Waals surface area contributed by atoms with Gasteiger partial charge in [-0.05, 0) is 18.6 Å². The van der Waals surface area contributed by atoms with Gasteiger partial charge in [0.1, 0.15) is 6.17 Å². The Bertz CT molecular complexity index is 373. The van der Waals surface area contributed by atoms with Gasteiger partial charge in [0.2, 0.25) is 0 Å². The topological polar surface area (TPSA) is 45.2 Å². The molecule has 1 aliphatic heterocycles. The van der Waals surface area contributed by atoms with Crippen LogP contribution in [0, 0.1) is 6.92 Å². The first-order valence-electron chi connectivity index (χ1n) is 5.23. The summed E-state index contributed by atoms with van der Waals surface area (Å²) in [6.07, 6.45) is 0.895. The van der Waals surface area contributed by atoms with Crippen molar-refractivity contribution in [1.29, 1.82) is 0 Å². The molecule has 1 saturated heterocycles. The van der Waals surface area contributed by atoms with Crippen LogP contribution in [0.3, 0.4) is 0 Å². The smallest absolute Gasteiger partial charge is 0.317 e. The molecule has 0 unspecified atom stereocenters. The van der Waals surface area contributed by atoms with E-state index in [-0.39, 0.29) is 19.1 Å². The van der Waals surface area contributed by atoms with Crippen molar-refractivity contribution in [3.63, 3.8) is 0 Å². The number of nitrogens with zero attached hydrogens (tertiary/aromatic N) is 2. The standard InChI is InChI=1S/C11H14FN3O/c1-8-2-3-10(13-4-8)5-14-11(16)15-6-9(12)7-15/h2-4,9H,5-7H2,1H3,(H,14,16). The number of nitrogens with one attached hydrogen (secondary N) is 1. The van der Waals surface area contributed by atoms with Crippen molar-refractivity contribution in [2.75, 3.05) is 13.1 Å². The Hall–Kier alpha value is -1.65. The molecule has 1 aliphatic rings. The van der Waals surface area contributed by atoms with E-state index in [0.717, 1.165) is 11.3 Å². The van der Waals surface area contributed by atoms with E-state index in [4.69, 9.17) is 0 Å². The van der Waals surface area contributed by atoms with Crippen LogP contribution >= 0.6 is 0 Å². The zero-order valence-corrected chi connectivity index (χ0v) is 9.11. The van der Waals surface area contributed by atoms with E-state index in [9.17, 15) is 9.18 Å². The number of rotatable bonds is 2. The summed E-state index contributed by atoms with van der Waals surface area (Å²) in [7, 11) is 0. The number of urea groups is 1. The highest BCUT2D eigenvalue weighted by molar-refractivity contribution is 5.75. The summed E-state index contributed by atoms with van der Waals surface area (Å²) in [4.78, 5) is 17.0. The van der Waals surface area contributed by atoms with Gasteiger partial charge in [0.05, 0.1) is 25.3 Å². The summed E-state index contributed by atoms with van der Waals surface area (Å²) in [5.74, 6) is 0. The highest BCUT2D eigenvalue weighted by atomic mass is 19.1. The fraction of sp³-hybridized carbons (Fsp3) is 0.455. The minimum atomic E-state index is -0.858. The van der Waals surface area contributed by atoms with Gasteiger partial charge in [-0.3, -0.25) is 4.98 Å². The van der Waals surface area contributed by atoms with Gasteiger partial charge in [-0.1, -0.05) is 6.07 Å². The molecule has 0 aliphatic carbocycles. The van der Waals surface area contributed by atoms with Crippen LogP contribution in [0.15, 0.2) is 18.3 Å². The number of pyridine rings is 1. The first-order chi connectivity index (χ1) is 7.65. The van der Waals surface area contributed by atoms with Gasteiger partial charge in [0.15, 0.2) is 0 Å². The third kappa shape index (κ3) is 2.48. The SMILES string of the molecule is Cc1ccc(CNC(=O)N2CC(F)C2)nc1. The molecule has 1 N–H and O–H groups in total. The lowest BCUT2D eigenvalue weighted by atomic mass is 10.2. The lowest BCUT2D eigenvalue weighted by Crippen LogP contribution is -2.54. The minimum absolute atomic E-state index is 0.202. The number of amides is 2. The Morgan fingerprint density at radius 3 is 2.94 bits per heavy atom. The molecule has 1 fully saturated rings. The molecule has 0 saturated carbocycles. The normalized spacial score (nSPS) is 15.8. The molecule has 0 spiro atoms. The second-order valence-corrected chi connectivity index (χ2v) is 3.99. The summed E-state index contributed by atoms with van der Waals surface area (Å²) < 4.78 is 12.5. The molecular weight excluding hydrogens is 209 g/mol. The first kappa shape index (κ1) is 10.9. The Kier molecular flexibility index (Phi) is 3.03. The van der Waals surface area contributed by atoms with Gasteiger partial charge in [-0.15, -0.1) is 0 Å². The number of aryl methyl sites for hydroxylation is 1. The van der Waals surface area contributed by atoms with Crippen LogP contribution in [0.2, 0.25) is 0 Å². The van der Waals surface area contributed by atoms with E-state index < -0.39 is 6.17 Å². The van der Waals surface area contributed by atoms with Crippen LogP contribution < -0.4 is 5.32 Å². The van der Waals surface area contributed by atoms with Crippen molar-refractivity contribution >= 4 is 6.03 Å². The lowest BCUT2D eigenvalue weighted by molar-refractivity contribution is 0.0896. The average Bonchev–Trinajstić information content (AvgIpc) is 2.24. The third-order valence-electron chi connectivity index (χ3n) is 2.52. The summed E-state index contributed by atoms with van der Waals surface area (Å²) in [6.45, 7) is 2.74. The molecule has 2 heterocycles. The molecule has 1 aromatic heterocycles. The monoisotopic (exact) mass is 223 g/mol. The van der Waals surface area contributed by atoms with E-state index in [2.05, 4.69) is 10.3 Å². The second kappa shape index (κ2) is 4.47. The lowest BCUT2D eigenvalue weighted by Gasteiger charge is -2.34. The molecule has 1 aromatic rings. The molecule has 0 radical (unpaired) electrons. The molecule has 0 atom stereocenters. The Labute approximate surface area is 93.5 Å². The maximum atomic E-state index is 12.5. The van der Waals surface area contributed by atoms with E-state index in [1.54, 1.807) is 6.20 Å².